The van der Waals surface area contributed by atoms with E-state index in [4.69, 9.17) is 14.5 Å². The quantitative estimate of drug-likeness (QED) is 0.259. The number of aromatic nitrogens is 1. The van der Waals surface area contributed by atoms with E-state index in [1.54, 1.807) is 14.2 Å². The molecule has 30 heavy (non-hydrogen) atoms. The number of nitrogens with zero attached hydrogens (tertiary/aromatic N) is 3. The van der Waals surface area contributed by atoms with Crippen LogP contribution >= 0.6 is 0 Å². The van der Waals surface area contributed by atoms with Crippen molar-refractivity contribution in [2.24, 2.45) is 16.2 Å². The Morgan fingerprint density at radius 2 is 2.10 bits per heavy atom. The first-order valence-corrected chi connectivity index (χ1v) is 10.7. The van der Waals surface area contributed by atoms with Crippen molar-refractivity contribution >= 4 is 17.2 Å². The van der Waals surface area contributed by atoms with Gasteiger partial charge in [0.2, 0.25) is 0 Å². The van der Waals surface area contributed by atoms with Crippen molar-refractivity contribution in [1.82, 2.24) is 10.4 Å². The number of pyridine rings is 1. The average Bonchev–Trinajstić information content (AvgIpc) is 2.80. The third-order valence-corrected chi connectivity index (χ3v) is 5.90. The molecule has 2 N–H and O–H groups in total. The summed E-state index contributed by atoms with van der Waals surface area (Å²) in [6.07, 6.45) is 5.38. The van der Waals surface area contributed by atoms with Gasteiger partial charge in [-0.05, 0) is 42.0 Å². The van der Waals surface area contributed by atoms with E-state index < -0.39 is 0 Å². The van der Waals surface area contributed by atoms with Gasteiger partial charge in [0.15, 0.2) is 0 Å². The van der Waals surface area contributed by atoms with E-state index in [1.807, 2.05) is 12.1 Å². The van der Waals surface area contributed by atoms with Gasteiger partial charge in [0.25, 0.3) is 0 Å². The maximum atomic E-state index is 10.7. The highest BCUT2D eigenvalue weighted by atomic mass is 16.5. The van der Waals surface area contributed by atoms with Gasteiger partial charge in [-0.2, -0.15) is 0 Å². The van der Waals surface area contributed by atoms with Crippen LogP contribution in [0.3, 0.4) is 0 Å². The fourth-order valence-electron chi connectivity index (χ4n) is 3.57. The Bertz CT molecular complexity index is 757. The monoisotopic (exact) mass is 417 g/mol. The third-order valence-electron chi connectivity index (χ3n) is 5.90. The van der Waals surface area contributed by atoms with Gasteiger partial charge in [0, 0.05) is 46.8 Å². The van der Waals surface area contributed by atoms with Crippen molar-refractivity contribution in [3.63, 3.8) is 0 Å². The fraction of sp³-hybridized carbons (Fsp3) is 0.636. The van der Waals surface area contributed by atoms with Gasteiger partial charge in [-0.25, -0.2) is 10.4 Å². The molecule has 1 aromatic rings. The third kappa shape index (κ3) is 6.09. The van der Waals surface area contributed by atoms with Crippen LogP contribution in [0, 0.1) is 10.8 Å². The second kappa shape index (κ2) is 11.8. The van der Waals surface area contributed by atoms with Crippen LogP contribution in [0.4, 0.5) is 5.82 Å². The summed E-state index contributed by atoms with van der Waals surface area (Å²) in [6, 6.07) is 4.12. The van der Waals surface area contributed by atoms with Gasteiger partial charge in [-0.3, -0.25) is 4.99 Å². The van der Waals surface area contributed by atoms with Crippen LogP contribution < -0.4 is 10.7 Å². The molecule has 1 aliphatic rings. The normalized spacial score (nSPS) is 18.0. The Morgan fingerprint density at radius 1 is 1.37 bits per heavy atom. The topological polar surface area (TPSA) is 97.2 Å². The van der Waals surface area contributed by atoms with Crippen LogP contribution in [0.1, 0.15) is 51.3 Å². The van der Waals surface area contributed by atoms with Crippen molar-refractivity contribution in [3.05, 3.63) is 34.4 Å². The second-order valence-electron chi connectivity index (χ2n) is 7.63. The molecule has 2 rings (SSSR count). The van der Waals surface area contributed by atoms with Crippen molar-refractivity contribution < 1.29 is 9.47 Å². The predicted molar refractivity (Wildman–Crippen MR) is 122 cm³/mol. The Labute approximate surface area is 179 Å². The first kappa shape index (κ1) is 24.0. The standard InChI is InChI=1S/C22H35N5O3/c1-6-16(3)18(14-20(23-4)26-27-28)21-17(7-2)8-9-19(25-21)24-15-22(29-5)10-12-30-13-11-22/h8-9,14,16H,6-7,10-13,15H2,1-5H3,(H,24,25)(H,23,26,28)/b18-14+. The Balaban J connectivity index is 2.36. The molecule has 1 unspecified atom stereocenters. The van der Waals surface area contributed by atoms with Crippen LogP contribution in [0.15, 0.2) is 28.5 Å². The molecule has 1 aromatic heterocycles. The smallest absolute Gasteiger partial charge is 0.144 e. The summed E-state index contributed by atoms with van der Waals surface area (Å²) in [5.41, 5.74) is 5.28. The average molecular weight is 418 g/mol. The lowest BCUT2D eigenvalue weighted by Crippen LogP contribution is -2.44. The minimum Gasteiger partial charge on any atom is -0.381 e. The van der Waals surface area contributed by atoms with E-state index in [1.165, 1.54) is 0 Å². The molecule has 0 amide bonds. The highest BCUT2D eigenvalue weighted by Gasteiger charge is 2.32. The number of nitrogens with one attached hydrogen (secondary N) is 2. The summed E-state index contributed by atoms with van der Waals surface area (Å²) in [6.45, 7) is 8.49. The Morgan fingerprint density at radius 3 is 2.67 bits per heavy atom. The number of nitroso groups, excluding NO2 is 1. The maximum Gasteiger partial charge on any atom is 0.144 e. The molecule has 1 fully saturated rings. The highest BCUT2D eigenvalue weighted by molar-refractivity contribution is 5.99. The minimum atomic E-state index is -0.236. The molecule has 1 saturated heterocycles. The summed E-state index contributed by atoms with van der Waals surface area (Å²) in [4.78, 5) is 19.8. The lowest BCUT2D eigenvalue weighted by atomic mass is 9.91. The van der Waals surface area contributed by atoms with E-state index in [2.05, 4.69) is 47.9 Å². The number of methoxy groups -OCH3 is 1. The molecule has 0 bridgehead atoms. The van der Waals surface area contributed by atoms with Gasteiger partial charge >= 0.3 is 0 Å². The zero-order chi connectivity index (χ0) is 22.0. The van der Waals surface area contributed by atoms with Crippen LogP contribution in [-0.2, 0) is 15.9 Å². The molecule has 166 valence electrons. The fourth-order valence-corrected chi connectivity index (χ4v) is 3.57. The summed E-state index contributed by atoms with van der Waals surface area (Å²) in [5.74, 6) is 1.46. The van der Waals surface area contributed by atoms with Gasteiger partial charge in [-0.15, -0.1) is 4.91 Å². The van der Waals surface area contributed by atoms with Crippen molar-refractivity contribution in [2.75, 3.05) is 39.2 Å². The highest BCUT2D eigenvalue weighted by Crippen LogP contribution is 2.30. The number of rotatable bonds is 10. The van der Waals surface area contributed by atoms with E-state index in [9.17, 15) is 4.91 Å². The molecular formula is C22H35N5O3. The Kier molecular flexibility index (Phi) is 9.39. The predicted octanol–water partition coefficient (Wildman–Crippen LogP) is 3.98. The van der Waals surface area contributed by atoms with Gasteiger partial charge in [0.05, 0.1) is 16.6 Å². The number of hydrogen-bond donors (Lipinski definition) is 2. The molecule has 1 aliphatic heterocycles. The SMILES string of the molecule is CCc1ccc(NCC2(OC)CCOCC2)nc1/C(=C/C(=NC)NN=O)C(C)CC. The van der Waals surface area contributed by atoms with Gasteiger partial charge < -0.3 is 14.8 Å². The largest absolute Gasteiger partial charge is 0.381 e. The summed E-state index contributed by atoms with van der Waals surface area (Å²) in [5, 5.41) is 6.23. The molecule has 1 atom stereocenters. The number of aryl methyl sites for hydroxylation is 1. The van der Waals surface area contributed by atoms with Crippen LogP contribution in [0.25, 0.3) is 5.57 Å². The number of amidine groups is 1. The molecule has 0 saturated carbocycles. The van der Waals surface area contributed by atoms with Gasteiger partial charge in [0.1, 0.15) is 11.7 Å². The van der Waals surface area contributed by atoms with Crippen molar-refractivity contribution in [3.8, 4) is 0 Å². The van der Waals surface area contributed by atoms with Gasteiger partial charge in [-0.1, -0.05) is 26.8 Å². The summed E-state index contributed by atoms with van der Waals surface area (Å²) < 4.78 is 11.3. The molecule has 0 radical (unpaired) electrons. The zero-order valence-corrected chi connectivity index (χ0v) is 18.8. The first-order valence-electron chi connectivity index (χ1n) is 10.7. The molecule has 2 heterocycles. The second-order valence-corrected chi connectivity index (χ2v) is 7.63. The van der Waals surface area contributed by atoms with E-state index in [0.29, 0.717) is 25.6 Å². The van der Waals surface area contributed by atoms with E-state index >= 15 is 0 Å². The Hall–Kier alpha value is -2.32. The molecule has 8 heteroatoms. The molecular weight excluding hydrogens is 382 g/mol. The molecule has 0 aliphatic carbocycles. The number of aliphatic imine (C=N–C) groups is 1. The van der Waals surface area contributed by atoms with E-state index in [-0.39, 0.29) is 11.5 Å². The lowest BCUT2D eigenvalue weighted by molar-refractivity contribution is -0.0807. The molecule has 8 nitrogen and oxygen atoms in total. The summed E-state index contributed by atoms with van der Waals surface area (Å²) in [7, 11) is 3.39. The van der Waals surface area contributed by atoms with Crippen LogP contribution in [-0.4, -0.2) is 50.3 Å². The van der Waals surface area contributed by atoms with E-state index in [0.717, 1.165) is 48.3 Å². The molecule has 0 spiro atoms. The number of ether oxygens (including phenoxy) is 2. The molecule has 0 aromatic carbocycles. The zero-order valence-electron chi connectivity index (χ0n) is 18.8. The maximum absolute atomic E-state index is 10.7. The number of anilines is 1. The van der Waals surface area contributed by atoms with Crippen LogP contribution in [0.5, 0.6) is 0 Å². The number of allylic oxidation sites excluding steroid dienone is 1. The van der Waals surface area contributed by atoms with Crippen LogP contribution in [0.2, 0.25) is 0 Å². The number of hydrogen-bond acceptors (Lipinski definition) is 7. The van der Waals surface area contributed by atoms with Crippen molar-refractivity contribution in [2.45, 2.75) is 52.1 Å². The van der Waals surface area contributed by atoms with Crippen molar-refractivity contribution in [1.29, 1.82) is 0 Å². The summed E-state index contributed by atoms with van der Waals surface area (Å²) >= 11 is 0. The lowest BCUT2D eigenvalue weighted by Gasteiger charge is -2.36. The first-order chi connectivity index (χ1) is 14.5. The minimum absolute atomic E-state index is 0.236.